The number of rotatable bonds is 2. The third kappa shape index (κ3) is 1.88. The van der Waals surface area contributed by atoms with Gasteiger partial charge in [-0.15, -0.1) is 0 Å². The van der Waals surface area contributed by atoms with E-state index in [2.05, 4.69) is 0 Å². The van der Waals surface area contributed by atoms with Gasteiger partial charge in [0.15, 0.2) is 0 Å². The molecule has 0 bridgehead atoms. The van der Waals surface area contributed by atoms with Crippen LogP contribution in [0.2, 0.25) is 0 Å². The van der Waals surface area contributed by atoms with Crippen molar-refractivity contribution in [1.82, 2.24) is 4.90 Å². The van der Waals surface area contributed by atoms with Crippen LogP contribution in [-0.4, -0.2) is 29.4 Å². The minimum absolute atomic E-state index is 0.211. The first-order valence-corrected chi connectivity index (χ1v) is 7.41. The summed E-state index contributed by atoms with van der Waals surface area (Å²) in [4.78, 5) is 26.6. The summed E-state index contributed by atoms with van der Waals surface area (Å²) in [6.45, 7) is 0.553. The Kier molecular flexibility index (Phi) is 3.05. The molecular weight excluding hydrogens is 278 g/mol. The predicted molar refractivity (Wildman–Crippen MR) is 80.5 cm³/mol. The number of benzene rings is 2. The summed E-state index contributed by atoms with van der Waals surface area (Å²) in [5.74, 6) is -0.422. The molecule has 2 aliphatic heterocycles. The molecule has 0 saturated carbocycles. The standard InChI is InChI=1S/C18H15NO3/c20-17-13-8-4-5-9-14(13)18(21)19(17)15-10-11-22-16(15)12-6-2-1-3-7-12/h1-9,15-16H,10-11H2/t15-,16-/m1/s1. The normalized spacial score (nSPS) is 23.9. The molecule has 2 heterocycles. The number of nitrogens with zero attached hydrogens (tertiary/aromatic N) is 1. The van der Waals surface area contributed by atoms with Crippen molar-refractivity contribution in [2.75, 3.05) is 6.61 Å². The number of hydrogen-bond acceptors (Lipinski definition) is 3. The molecule has 2 aliphatic rings. The van der Waals surface area contributed by atoms with E-state index in [1.807, 2.05) is 30.3 Å². The van der Waals surface area contributed by atoms with Gasteiger partial charge in [0.1, 0.15) is 6.10 Å². The maximum Gasteiger partial charge on any atom is 0.261 e. The van der Waals surface area contributed by atoms with Crippen LogP contribution >= 0.6 is 0 Å². The van der Waals surface area contributed by atoms with E-state index in [0.717, 1.165) is 5.56 Å². The van der Waals surface area contributed by atoms with E-state index in [1.165, 1.54) is 4.90 Å². The fourth-order valence-electron chi connectivity index (χ4n) is 3.31. The molecule has 0 unspecified atom stereocenters. The summed E-state index contributed by atoms with van der Waals surface area (Å²) in [7, 11) is 0. The lowest BCUT2D eigenvalue weighted by atomic mass is 10.0. The topological polar surface area (TPSA) is 46.6 Å². The molecule has 2 atom stereocenters. The average molecular weight is 293 g/mol. The maximum absolute atomic E-state index is 12.6. The average Bonchev–Trinajstić information content (AvgIpc) is 3.13. The second-order valence-corrected chi connectivity index (χ2v) is 5.58. The zero-order valence-electron chi connectivity index (χ0n) is 11.9. The predicted octanol–water partition coefficient (Wildman–Crippen LogP) is 2.81. The fraction of sp³-hybridized carbons (Fsp3) is 0.222. The van der Waals surface area contributed by atoms with E-state index < -0.39 is 0 Å². The van der Waals surface area contributed by atoms with Crippen LogP contribution in [0.5, 0.6) is 0 Å². The molecule has 2 aromatic carbocycles. The Morgan fingerprint density at radius 3 is 2.09 bits per heavy atom. The number of ether oxygens (including phenoxy) is 1. The fourth-order valence-corrected chi connectivity index (χ4v) is 3.31. The van der Waals surface area contributed by atoms with Crippen molar-refractivity contribution in [2.45, 2.75) is 18.6 Å². The van der Waals surface area contributed by atoms with Gasteiger partial charge in [-0.3, -0.25) is 14.5 Å². The molecule has 0 spiro atoms. The van der Waals surface area contributed by atoms with Gasteiger partial charge in [0.05, 0.1) is 17.2 Å². The molecule has 4 heteroatoms. The van der Waals surface area contributed by atoms with Crippen molar-refractivity contribution >= 4 is 11.8 Å². The smallest absolute Gasteiger partial charge is 0.261 e. The van der Waals surface area contributed by atoms with Crippen molar-refractivity contribution in [2.24, 2.45) is 0 Å². The van der Waals surface area contributed by atoms with Crippen molar-refractivity contribution < 1.29 is 14.3 Å². The minimum atomic E-state index is -0.247. The van der Waals surface area contributed by atoms with E-state index in [0.29, 0.717) is 24.2 Å². The van der Waals surface area contributed by atoms with Crippen LogP contribution in [0.15, 0.2) is 54.6 Å². The number of carbonyl (C=O) groups is 2. The SMILES string of the molecule is O=C1c2ccccc2C(=O)N1[C@@H]1CCO[C@@H]1c1ccccc1. The zero-order valence-corrected chi connectivity index (χ0v) is 11.9. The molecule has 22 heavy (non-hydrogen) atoms. The Morgan fingerprint density at radius 2 is 1.45 bits per heavy atom. The third-order valence-electron chi connectivity index (χ3n) is 4.35. The monoisotopic (exact) mass is 293 g/mol. The van der Waals surface area contributed by atoms with E-state index in [1.54, 1.807) is 24.3 Å². The van der Waals surface area contributed by atoms with Crippen LogP contribution in [0, 0.1) is 0 Å². The number of amides is 2. The molecule has 0 aliphatic carbocycles. The molecule has 1 saturated heterocycles. The molecule has 0 N–H and O–H groups in total. The van der Waals surface area contributed by atoms with E-state index in [4.69, 9.17) is 4.74 Å². The van der Waals surface area contributed by atoms with Crippen LogP contribution in [0.3, 0.4) is 0 Å². The molecule has 2 aromatic rings. The summed E-state index contributed by atoms with van der Waals surface area (Å²) in [6, 6.07) is 16.5. The van der Waals surface area contributed by atoms with Crippen LogP contribution < -0.4 is 0 Å². The first-order chi connectivity index (χ1) is 10.8. The summed E-state index contributed by atoms with van der Waals surface area (Å²) in [6.07, 6.45) is 0.425. The van der Waals surface area contributed by atoms with Gasteiger partial charge in [0.2, 0.25) is 0 Å². The zero-order chi connectivity index (χ0) is 15.1. The molecule has 0 radical (unpaired) electrons. The highest BCUT2D eigenvalue weighted by Gasteiger charge is 2.45. The Hall–Kier alpha value is -2.46. The van der Waals surface area contributed by atoms with Crippen LogP contribution in [0.25, 0.3) is 0 Å². The van der Waals surface area contributed by atoms with Gasteiger partial charge in [-0.25, -0.2) is 0 Å². The molecule has 4 nitrogen and oxygen atoms in total. The lowest BCUT2D eigenvalue weighted by molar-refractivity contribution is 0.0412. The summed E-state index contributed by atoms with van der Waals surface area (Å²) < 4.78 is 5.81. The number of hydrogen-bond donors (Lipinski definition) is 0. The summed E-state index contributed by atoms with van der Waals surface area (Å²) in [5, 5.41) is 0. The molecule has 110 valence electrons. The lowest BCUT2D eigenvalue weighted by Gasteiger charge is -2.26. The van der Waals surface area contributed by atoms with Crippen molar-refractivity contribution in [3.63, 3.8) is 0 Å². The molecular formula is C18H15NO3. The van der Waals surface area contributed by atoms with Gasteiger partial charge in [0, 0.05) is 6.61 Å². The van der Waals surface area contributed by atoms with Crippen LogP contribution in [0.4, 0.5) is 0 Å². The Balaban J connectivity index is 1.71. The van der Waals surface area contributed by atoms with Gasteiger partial charge in [-0.1, -0.05) is 42.5 Å². The first kappa shape index (κ1) is 13.2. The van der Waals surface area contributed by atoms with E-state index in [-0.39, 0.29) is 24.0 Å². The summed E-state index contributed by atoms with van der Waals surface area (Å²) >= 11 is 0. The van der Waals surface area contributed by atoms with E-state index >= 15 is 0 Å². The Labute approximate surface area is 128 Å². The largest absolute Gasteiger partial charge is 0.371 e. The molecule has 2 amide bonds. The highest BCUT2D eigenvalue weighted by atomic mass is 16.5. The minimum Gasteiger partial charge on any atom is -0.371 e. The van der Waals surface area contributed by atoms with E-state index in [9.17, 15) is 9.59 Å². The van der Waals surface area contributed by atoms with Crippen molar-refractivity contribution in [3.05, 3.63) is 71.3 Å². The molecule has 4 rings (SSSR count). The number of fused-ring (bicyclic) bond motifs is 1. The summed E-state index contributed by atoms with van der Waals surface area (Å²) in [5.41, 5.74) is 1.99. The highest BCUT2D eigenvalue weighted by molar-refractivity contribution is 6.21. The quantitative estimate of drug-likeness (QED) is 0.800. The lowest BCUT2D eigenvalue weighted by Crippen LogP contribution is -2.41. The van der Waals surface area contributed by atoms with Gasteiger partial charge >= 0.3 is 0 Å². The van der Waals surface area contributed by atoms with Crippen molar-refractivity contribution in [1.29, 1.82) is 0 Å². The number of imide groups is 1. The van der Waals surface area contributed by atoms with Gasteiger partial charge in [0.25, 0.3) is 11.8 Å². The Morgan fingerprint density at radius 1 is 0.864 bits per heavy atom. The second kappa shape index (κ2) is 5.07. The molecule has 0 aromatic heterocycles. The number of carbonyl (C=O) groups excluding carboxylic acids is 2. The van der Waals surface area contributed by atoms with Crippen molar-refractivity contribution in [3.8, 4) is 0 Å². The maximum atomic E-state index is 12.6. The van der Waals surface area contributed by atoms with Gasteiger partial charge in [-0.05, 0) is 24.1 Å². The van der Waals surface area contributed by atoms with Gasteiger partial charge in [-0.2, -0.15) is 0 Å². The Bertz CT molecular complexity index is 706. The highest BCUT2D eigenvalue weighted by Crippen LogP contribution is 2.37. The third-order valence-corrected chi connectivity index (χ3v) is 4.35. The molecule has 1 fully saturated rings. The van der Waals surface area contributed by atoms with Gasteiger partial charge < -0.3 is 4.74 Å². The van der Waals surface area contributed by atoms with Crippen LogP contribution in [-0.2, 0) is 4.74 Å². The first-order valence-electron chi connectivity index (χ1n) is 7.41. The second-order valence-electron chi connectivity index (χ2n) is 5.58. The van der Waals surface area contributed by atoms with Crippen LogP contribution in [0.1, 0.15) is 38.8 Å².